The molecule has 2 heteroatoms. The van der Waals surface area contributed by atoms with Gasteiger partial charge in [-0.25, -0.2) is 0 Å². The molecule has 146 valence electrons. The van der Waals surface area contributed by atoms with Gasteiger partial charge in [0.05, 0.1) is 0 Å². The van der Waals surface area contributed by atoms with Crippen molar-refractivity contribution in [1.82, 2.24) is 0 Å². The van der Waals surface area contributed by atoms with Gasteiger partial charge < -0.3 is 0 Å². The number of aryl methyl sites for hydroxylation is 2. The standard InChI is InChI=1S/C25H38GeN/c1-18-13-14-20(25(2,3)4)15-21(18)24-16-23(26(5,6)7)22(17-27(24)8)19-11-9-10-12-19/h13-17,19H,9-12H2,1-8H3/q+1. The summed E-state index contributed by atoms with van der Waals surface area (Å²) in [5, 5.41) is 0. The topological polar surface area (TPSA) is 3.88 Å². The first kappa shape index (κ1) is 20.6. The van der Waals surface area contributed by atoms with Crippen LogP contribution in [-0.2, 0) is 12.5 Å². The van der Waals surface area contributed by atoms with Gasteiger partial charge in [0.2, 0.25) is 0 Å². The van der Waals surface area contributed by atoms with Crippen molar-refractivity contribution >= 4 is 17.7 Å². The molecule has 1 aliphatic carbocycles. The molecule has 3 rings (SSSR count). The van der Waals surface area contributed by atoms with Gasteiger partial charge in [-0.1, -0.05) is 0 Å². The number of rotatable bonds is 3. The maximum absolute atomic E-state index is 2.57. The molecule has 0 aliphatic heterocycles. The Bertz CT molecular complexity index is 831. The first-order valence-corrected chi connectivity index (χ1v) is 18.0. The van der Waals surface area contributed by atoms with Crippen molar-refractivity contribution in [3.63, 3.8) is 0 Å². The van der Waals surface area contributed by atoms with Crippen LogP contribution >= 0.6 is 0 Å². The Kier molecular flexibility index (Phi) is 5.65. The molecule has 1 fully saturated rings. The molecule has 1 aromatic carbocycles. The van der Waals surface area contributed by atoms with Crippen molar-refractivity contribution in [3.8, 4) is 11.3 Å². The van der Waals surface area contributed by atoms with E-state index >= 15 is 0 Å². The van der Waals surface area contributed by atoms with Gasteiger partial charge in [0, 0.05) is 0 Å². The fourth-order valence-electron chi connectivity index (χ4n) is 4.51. The number of nitrogens with zero attached hydrogens (tertiary/aromatic N) is 1. The summed E-state index contributed by atoms with van der Waals surface area (Å²) in [6.07, 6.45) is 8.05. The van der Waals surface area contributed by atoms with Crippen LogP contribution in [0.4, 0.5) is 0 Å². The van der Waals surface area contributed by atoms with Gasteiger partial charge >= 0.3 is 170 Å². The van der Waals surface area contributed by atoms with Crippen LogP contribution in [0.2, 0.25) is 17.3 Å². The third-order valence-corrected chi connectivity index (χ3v) is 10.6. The van der Waals surface area contributed by atoms with E-state index in [1.165, 1.54) is 48.1 Å². The minimum absolute atomic E-state index is 0.176. The zero-order valence-electron chi connectivity index (χ0n) is 18.7. The first-order valence-electron chi connectivity index (χ1n) is 10.6. The number of hydrogen-bond donors (Lipinski definition) is 0. The van der Waals surface area contributed by atoms with E-state index in [0.717, 1.165) is 5.92 Å². The maximum atomic E-state index is 2.57. The van der Waals surface area contributed by atoms with Gasteiger partial charge in [-0.3, -0.25) is 0 Å². The molecule has 1 aliphatic rings. The van der Waals surface area contributed by atoms with Crippen LogP contribution in [0.5, 0.6) is 0 Å². The fraction of sp³-hybridized carbons (Fsp3) is 0.560. The molecule has 0 atom stereocenters. The summed E-state index contributed by atoms with van der Waals surface area (Å²) in [6.45, 7) is 9.17. The molecule has 1 saturated carbocycles. The van der Waals surface area contributed by atoms with Gasteiger partial charge in [-0.05, 0) is 0 Å². The zero-order chi connectivity index (χ0) is 20.0. The predicted molar refractivity (Wildman–Crippen MR) is 121 cm³/mol. The van der Waals surface area contributed by atoms with E-state index < -0.39 is 13.3 Å². The summed E-state index contributed by atoms with van der Waals surface area (Å²) in [4.78, 5) is 0. The SMILES string of the molecule is Cc1ccc(C(C)(C)C)cc1-c1c[c]([Ge]([CH3])([CH3])[CH3])c(C2CCCC2)c[n+]1C. The molecule has 0 spiro atoms. The van der Waals surface area contributed by atoms with E-state index in [-0.39, 0.29) is 5.41 Å². The van der Waals surface area contributed by atoms with Gasteiger partial charge in [0.1, 0.15) is 0 Å². The molecule has 0 radical (unpaired) electrons. The Labute approximate surface area is 169 Å². The van der Waals surface area contributed by atoms with E-state index in [4.69, 9.17) is 0 Å². The van der Waals surface area contributed by atoms with E-state index in [9.17, 15) is 0 Å². The molecule has 27 heavy (non-hydrogen) atoms. The zero-order valence-corrected chi connectivity index (χ0v) is 20.8. The van der Waals surface area contributed by atoms with Crippen molar-refractivity contribution in [2.75, 3.05) is 0 Å². The molecule has 1 nitrogen and oxygen atoms in total. The van der Waals surface area contributed by atoms with E-state index in [2.05, 4.69) is 87.0 Å². The van der Waals surface area contributed by atoms with E-state index in [1.54, 1.807) is 9.96 Å². The Morgan fingerprint density at radius 2 is 1.63 bits per heavy atom. The molecule has 0 unspecified atom stereocenters. The molecular weight excluding hydrogens is 387 g/mol. The van der Waals surface area contributed by atoms with E-state index in [0.29, 0.717) is 0 Å². The van der Waals surface area contributed by atoms with Crippen LogP contribution in [0.3, 0.4) is 0 Å². The van der Waals surface area contributed by atoms with Gasteiger partial charge in [-0.15, -0.1) is 0 Å². The van der Waals surface area contributed by atoms with E-state index in [1.807, 2.05) is 0 Å². The second-order valence-electron chi connectivity index (χ2n) is 10.6. The third kappa shape index (κ3) is 4.34. The molecule has 2 aromatic rings. The monoisotopic (exact) mass is 426 g/mol. The predicted octanol–water partition coefficient (Wildman–Crippen LogP) is 5.99. The summed E-state index contributed by atoms with van der Waals surface area (Å²) in [5.74, 6) is 8.44. The third-order valence-electron chi connectivity index (χ3n) is 6.29. The summed E-state index contributed by atoms with van der Waals surface area (Å²) < 4.78 is 4.12. The van der Waals surface area contributed by atoms with Crippen LogP contribution in [0.1, 0.15) is 69.1 Å². The second kappa shape index (κ2) is 7.39. The quantitative estimate of drug-likeness (QED) is 0.421. The molecule has 0 N–H and O–H groups in total. The van der Waals surface area contributed by atoms with Gasteiger partial charge in [-0.2, -0.15) is 0 Å². The average Bonchev–Trinajstić information content (AvgIpc) is 3.07. The Morgan fingerprint density at radius 1 is 1.00 bits per heavy atom. The van der Waals surface area contributed by atoms with Crippen LogP contribution in [-0.4, -0.2) is 13.3 Å². The van der Waals surface area contributed by atoms with Crippen molar-refractivity contribution in [2.24, 2.45) is 7.05 Å². The minimum atomic E-state index is -1.97. The molecule has 0 bridgehead atoms. The fourth-order valence-corrected chi connectivity index (χ4v) is 8.09. The number of pyridine rings is 1. The number of aromatic nitrogens is 1. The molecule has 0 saturated heterocycles. The summed E-state index contributed by atoms with van der Waals surface area (Å²) in [7, 11) is 2.25. The molecular formula is C25H38GeN+. The van der Waals surface area contributed by atoms with Crippen LogP contribution < -0.4 is 8.96 Å². The number of benzene rings is 1. The summed E-state index contributed by atoms with van der Waals surface area (Å²) >= 11 is -1.97. The second-order valence-corrected chi connectivity index (χ2v) is 21.2. The number of hydrogen-bond acceptors (Lipinski definition) is 0. The van der Waals surface area contributed by atoms with Crippen LogP contribution in [0, 0.1) is 6.92 Å². The Morgan fingerprint density at radius 3 is 2.19 bits per heavy atom. The molecule has 1 heterocycles. The van der Waals surface area contributed by atoms with Crippen molar-refractivity contribution in [2.45, 2.75) is 82.0 Å². The van der Waals surface area contributed by atoms with Crippen molar-refractivity contribution in [1.29, 1.82) is 0 Å². The van der Waals surface area contributed by atoms with Crippen molar-refractivity contribution in [3.05, 3.63) is 47.2 Å². The normalized spacial score (nSPS) is 16.1. The summed E-state index contributed by atoms with van der Waals surface area (Å²) in [6, 6.07) is 9.61. The van der Waals surface area contributed by atoms with Gasteiger partial charge in [0.15, 0.2) is 0 Å². The van der Waals surface area contributed by atoms with Crippen LogP contribution in [0.25, 0.3) is 11.3 Å². The summed E-state index contributed by atoms with van der Waals surface area (Å²) in [5.41, 5.74) is 7.42. The molecule has 0 amide bonds. The van der Waals surface area contributed by atoms with Crippen molar-refractivity contribution < 1.29 is 4.57 Å². The average molecular weight is 425 g/mol. The first-order chi connectivity index (χ1) is 12.5. The molecule has 1 aromatic heterocycles. The Balaban J connectivity index is 2.20. The van der Waals surface area contributed by atoms with Crippen LogP contribution in [0.15, 0.2) is 30.5 Å². The van der Waals surface area contributed by atoms with Gasteiger partial charge in [0.25, 0.3) is 0 Å². The Hall–Kier alpha value is -1.09.